The van der Waals surface area contributed by atoms with Gasteiger partial charge in [0.2, 0.25) is 11.4 Å². The van der Waals surface area contributed by atoms with Crippen LogP contribution in [0.3, 0.4) is 0 Å². The van der Waals surface area contributed by atoms with Crippen LogP contribution in [0.25, 0.3) is 10.8 Å². The summed E-state index contributed by atoms with van der Waals surface area (Å²) in [5, 5.41) is 2.57. The molecule has 0 saturated carbocycles. The van der Waals surface area contributed by atoms with Crippen LogP contribution in [0.4, 0.5) is 0 Å². The molecule has 0 N–H and O–H groups in total. The van der Waals surface area contributed by atoms with E-state index in [9.17, 15) is 9.59 Å². The topological polar surface area (TPSA) is 46.6 Å². The summed E-state index contributed by atoms with van der Waals surface area (Å²) in [5.74, 6) is 1.50. The molecule has 3 heterocycles. The van der Waals surface area contributed by atoms with Gasteiger partial charge in [0, 0.05) is 28.3 Å². The summed E-state index contributed by atoms with van der Waals surface area (Å²) in [5.41, 5.74) is 0.366. The van der Waals surface area contributed by atoms with E-state index in [0.29, 0.717) is 27.8 Å². The van der Waals surface area contributed by atoms with Crippen LogP contribution in [0.1, 0.15) is 37.8 Å². The number of Topliss-reactive ketones (excluding diaryl/α,β-unsaturated/α-hetero) is 2. The fourth-order valence-electron chi connectivity index (χ4n) is 7.32. The van der Waals surface area contributed by atoms with Crippen molar-refractivity contribution in [1.82, 2.24) is 4.90 Å². The van der Waals surface area contributed by atoms with E-state index in [1.807, 2.05) is 84.9 Å². The predicted molar refractivity (Wildman–Crippen MR) is 141 cm³/mol. The Hall–Kier alpha value is -3.12. The highest BCUT2D eigenvalue weighted by molar-refractivity contribution is 7.99. The highest BCUT2D eigenvalue weighted by atomic mass is 35.5. The molecule has 4 atom stereocenters. The maximum absolute atomic E-state index is 14.8. The van der Waals surface area contributed by atoms with Crippen LogP contribution >= 0.6 is 23.4 Å². The summed E-state index contributed by atoms with van der Waals surface area (Å²) in [4.78, 5) is 31.8. The summed E-state index contributed by atoms with van der Waals surface area (Å²) in [6, 6.07) is 27.0. The van der Waals surface area contributed by atoms with E-state index in [1.165, 1.54) is 0 Å². The molecule has 2 spiro atoms. The van der Waals surface area contributed by atoms with Gasteiger partial charge in [-0.15, -0.1) is 11.8 Å². The first kappa shape index (κ1) is 21.0. The Bertz CT molecular complexity index is 1630. The lowest BCUT2D eigenvalue weighted by Crippen LogP contribution is -2.64. The predicted octanol–water partition coefficient (Wildman–Crippen LogP) is 6.07. The third kappa shape index (κ3) is 2.20. The first-order valence-electron chi connectivity index (χ1n) is 12.1. The summed E-state index contributed by atoms with van der Waals surface area (Å²) in [6.45, 7) is 0. The lowest BCUT2D eigenvalue weighted by molar-refractivity contribution is -0.00742. The Labute approximate surface area is 217 Å². The van der Waals surface area contributed by atoms with E-state index >= 15 is 0 Å². The molecule has 176 valence electrons. The van der Waals surface area contributed by atoms with Crippen molar-refractivity contribution in [2.75, 3.05) is 11.6 Å². The number of fused-ring (bicyclic) bond motifs is 5. The third-order valence-corrected chi connectivity index (χ3v) is 9.84. The van der Waals surface area contributed by atoms with Gasteiger partial charge in [-0.1, -0.05) is 72.3 Å². The van der Waals surface area contributed by atoms with Crippen molar-refractivity contribution in [3.63, 3.8) is 0 Å². The first-order chi connectivity index (χ1) is 17.6. The number of ketones is 2. The van der Waals surface area contributed by atoms with Crippen LogP contribution in [-0.4, -0.2) is 39.7 Å². The number of carbonyl (C=O) groups excluding carboxylic acids is 2. The normalized spacial score (nSPS) is 29.9. The number of ether oxygens (including phenoxy) is 1. The Balaban J connectivity index is 1.51. The molecule has 4 aromatic carbocycles. The molecular weight excluding hydrogens is 490 g/mol. The maximum atomic E-state index is 14.8. The number of para-hydroxylation sites is 1. The first-order valence-corrected chi connectivity index (χ1v) is 13.6. The molecule has 8 rings (SSSR count). The monoisotopic (exact) mass is 509 g/mol. The fourth-order valence-corrected chi connectivity index (χ4v) is 8.75. The van der Waals surface area contributed by atoms with Crippen molar-refractivity contribution in [2.45, 2.75) is 23.1 Å². The van der Waals surface area contributed by atoms with E-state index in [1.54, 1.807) is 11.8 Å². The fraction of sp³-hybridized carbons (Fsp3) is 0.200. The Morgan fingerprint density at radius 1 is 0.861 bits per heavy atom. The van der Waals surface area contributed by atoms with Gasteiger partial charge in [0.05, 0.1) is 11.5 Å². The number of rotatable bonds is 1. The Morgan fingerprint density at radius 3 is 2.42 bits per heavy atom. The number of nitrogens with zero attached hydrogens (tertiary/aromatic N) is 1. The highest BCUT2D eigenvalue weighted by Crippen LogP contribution is 2.67. The number of carbonyl (C=O) groups is 2. The van der Waals surface area contributed by atoms with E-state index < -0.39 is 11.1 Å². The smallest absolute Gasteiger partial charge is 0.213 e. The van der Waals surface area contributed by atoms with Crippen molar-refractivity contribution < 1.29 is 14.3 Å². The van der Waals surface area contributed by atoms with Gasteiger partial charge in [0.25, 0.3) is 0 Å². The second-order valence-electron chi connectivity index (χ2n) is 9.98. The summed E-state index contributed by atoms with van der Waals surface area (Å²) in [7, 11) is 0. The van der Waals surface area contributed by atoms with Gasteiger partial charge in [-0.05, 0) is 46.2 Å². The van der Waals surface area contributed by atoms with Gasteiger partial charge in [-0.2, -0.15) is 0 Å². The molecule has 4 aromatic rings. The third-order valence-electron chi connectivity index (χ3n) is 8.55. The lowest BCUT2D eigenvalue weighted by atomic mass is 9.65. The number of thioether (sulfide) groups is 1. The molecule has 6 heteroatoms. The van der Waals surface area contributed by atoms with Gasteiger partial charge >= 0.3 is 0 Å². The van der Waals surface area contributed by atoms with E-state index in [4.69, 9.17) is 16.3 Å². The van der Waals surface area contributed by atoms with E-state index in [-0.39, 0.29) is 23.5 Å². The largest absolute Gasteiger partial charge is 0.475 e. The summed E-state index contributed by atoms with van der Waals surface area (Å²) < 4.78 is 6.92. The van der Waals surface area contributed by atoms with Gasteiger partial charge in [0.15, 0.2) is 11.3 Å². The van der Waals surface area contributed by atoms with Gasteiger partial charge in [-0.3, -0.25) is 14.5 Å². The van der Waals surface area contributed by atoms with Crippen LogP contribution in [0, 0.1) is 0 Å². The molecule has 3 aliphatic heterocycles. The SMILES string of the molecule is O=C1c2ccccc2OC12C(c1ccc(Cl)cc1)C1CSCN1C21C(=O)c2cccc3cccc1c23. The molecule has 2 fully saturated rings. The van der Waals surface area contributed by atoms with Crippen molar-refractivity contribution in [3.8, 4) is 5.75 Å². The second kappa shape index (κ2) is 7.00. The zero-order chi connectivity index (χ0) is 24.2. The molecule has 1 aliphatic carbocycles. The molecule has 4 nitrogen and oxygen atoms in total. The van der Waals surface area contributed by atoms with Gasteiger partial charge < -0.3 is 4.74 Å². The molecule has 0 aromatic heterocycles. The molecule has 36 heavy (non-hydrogen) atoms. The van der Waals surface area contributed by atoms with Crippen molar-refractivity contribution in [3.05, 3.63) is 112 Å². The Morgan fingerprint density at radius 2 is 1.61 bits per heavy atom. The maximum Gasteiger partial charge on any atom is 0.213 e. The molecule has 0 radical (unpaired) electrons. The van der Waals surface area contributed by atoms with Crippen LogP contribution in [0.5, 0.6) is 5.75 Å². The van der Waals surface area contributed by atoms with Gasteiger partial charge in [-0.25, -0.2) is 0 Å². The Kier molecular flexibility index (Phi) is 4.09. The number of halogens is 1. The van der Waals surface area contributed by atoms with E-state index in [2.05, 4.69) is 4.90 Å². The lowest BCUT2D eigenvalue weighted by Gasteiger charge is -2.44. The second-order valence-corrected chi connectivity index (χ2v) is 11.4. The molecular formula is C30H20ClNO3S. The van der Waals surface area contributed by atoms with Gasteiger partial charge in [0.1, 0.15) is 5.75 Å². The molecule has 2 saturated heterocycles. The standard InChI is InChI=1S/C30H20ClNO3S/c31-19-13-11-18(12-14-19)26-23-15-36-16-32(23)29(30(26)28(34)20-7-1-2-10-24(20)35-30)22-9-4-6-17-5-3-8-21(25(17)22)27(29)33/h1-14,23,26H,15-16H2. The average Bonchev–Trinajstić information content (AvgIpc) is 3.61. The quantitative estimate of drug-likeness (QED) is 0.311. The zero-order valence-corrected chi connectivity index (χ0v) is 20.7. The van der Waals surface area contributed by atoms with Crippen LogP contribution in [-0.2, 0) is 5.54 Å². The van der Waals surface area contributed by atoms with Crippen molar-refractivity contribution in [2.24, 2.45) is 0 Å². The van der Waals surface area contributed by atoms with Crippen LogP contribution < -0.4 is 4.74 Å². The average molecular weight is 510 g/mol. The molecule has 0 amide bonds. The van der Waals surface area contributed by atoms with Crippen molar-refractivity contribution in [1.29, 1.82) is 0 Å². The number of hydrogen-bond donors (Lipinski definition) is 0. The molecule has 4 unspecified atom stereocenters. The summed E-state index contributed by atoms with van der Waals surface area (Å²) >= 11 is 8.08. The number of benzene rings is 4. The van der Waals surface area contributed by atoms with Crippen LogP contribution in [0.15, 0.2) is 84.9 Å². The van der Waals surface area contributed by atoms with Crippen molar-refractivity contribution >= 4 is 45.7 Å². The molecule has 4 aliphatic rings. The molecule has 0 bridgehead atoms. The zero-order valence-electron chi connectivity index (χ0n) is 19.1. The minimum atomic E-state index is -1.43. The minimum Gasteiger partial charge on any atom is -0.475 e. The summed E-state index contributed by atoms with van der Waals surface area (Å²) in [6.07, 6.45) is 0. The minimum absolute atomic E-state index is 0.0422. The highest BCUT2D eigenvalue weighted by Gasteiger charge is 2.81. The number of hydrogen-bond acceptors (Lipinski definition) is 5. The van der Waals surface area contributed by atoms with Crippen LogP contribution in [0.2, 0.25) is 5.02 Å². The van der Waals surface area contributed by atoms with E-state index in [0.717, 1.165) is 27.7 Å².